The van der Waals surface area contributed by atoms with Gasteiger partial charge in [-0.2, -0.15) is 0 Å². The van der Waals surface area contributed by atoms with Gasteiger partial charge in [0, 0.05) is 35.6 Å². The lowest BCUT2D eigenvalue weighted by Gasteiger charge is -2.32. The molecule has 8 heteroatoms. The number of amides is 3. The van der Waals surface area contributed by atoms with Crippen LogP contribution >= 0.6 is 0 Å². The van der Waals surface area contributed by atoms with E-state index in [1.54, 1.807) is 0 Å². The second-order valence-electron chi connectivity index (χ2n) is 18.2. The van der Waals surface area contributed by atoms with Crippen LogP contribution in [-0.4, -0.2) is 47.4 Å². The number of urea groups is 1. The molecular weight excluding hydrogens is 743 g/mol. The van der Waals surface area contributed by atoms with Gasteiger partial charge in [0.15, 0.2) is 5.78 Å². The number of Topliss-reactive ketones (excluding diaryl/α,β-unsaturated/α-hetero) is 1. The van der Waals surface area contributed by atoms with Crippen molar-refractivity contribution >= 4 is 28.6 Å². The highest BCUT2D eigenvalue weighted by molar-refractivity contribution is 5.93. The van der Waals surface area contributed by atoms with Crippen LogP contribution in [0.5, 0.6) is 0 Å². The number of para-hydroxylation sites is 1. The second kappa shape index (κ2) is 24.7. The zero-order chi connectivity index (χ0) is 41.8. The number of carbonyl (C=O) groups excluding carboxylic acids is 3. The second-order valence-corrected chi connectivity index (χ2v) is 18.2. The molecule has 3 fully saturated rings. The van der Waals surface area contributed by atoms with E-state index in [0.29, 0.717) is 37.6 Å². The number of hydrogen-bond donors (Lipinski definition) is 5. The molecule has 6 rings (SSSR count). The molecule has 6 N–H and O–H groups in total. The zero-order valence-electron chi connectivity index (χ0n) is 36.1. The van der Waals surface area contributed by atoms with E-state index in [2.05, 4.69) is 57.4 Å². The zero-order valence-corrected chi connectivity index (χ0v) is 36.1. The predicted octanol–water partition coefficient (Wildman–Crippen LogP) is 10.8. The first-order valence-electron chi connectivity index (χ1n) is 23.7. The van der Waals surface area contributed by atoms with Gasteiger partial charge in [-0.1, -0.05) is 149 Å². The summed E-state index contributed by atoms with van der Waals surface area (Å²) < 4.78 is 0. The Morgan fingerprint density at radius 3 is 2.10 bits per heavy atom. The van der Waals surface area contributed by atoms with E-state index in [1.165, 1.54) is 82.6 Å². The minimum absolute atomic E-state index is 0.108. The molecule has 60 heavy (non-hydrogen) atoms. The van der Waals surface area contributed by atoms with Gasteiger partial charge in [-0.15, -0.1) is 0 Å². The molecule has 2 unspecified atom stereocenters. The van der Waals surface area contributed by atoms with Crippen molar-refractivity contribution in [3.05, 3.63) is 108 Å². The summed E-state index contributed by atoms with van der Waals surface area (Å²) in [5, 5.41) is 11.0. The Kier molecular flexibility index (Phi) is 18.6. The van der Waals surface area contributed by atoms with Gasteiger partial charge in [-0.3, -0.25) is 9.59 Å². The van der Waals surface area contributed by atoms with Crippen molar-refractivity contribution in [2.45, 2.75) is 153 Å². The van der Waals surface area contributed by atoms with Gasteiger partial charge in [-0.05, 0) is 106 Å². The molecule has 0 saturated heterocycles. The van der Waals surface area contributed by atoms with Gasteiger partial charge in [0.25, 0.3) is 0 Å². The van der Waals surface area contributed by atoms with Gasteiger partial charge in [0.2, 0.25) is 5.91 Å². The van der Waals surface area contributed by atoms with Gasteiger partial charge in [0.05, 0.1) is 12.1 Å². The third kappa shape index (κ3) is 14.6. The fourth-order valence-electron chi connectivity index (χ4n) is 10.4. The SMILES string of the molecule is NC(=O)NCCC[C@H](NC(=O)[C@H](Cc1c[nH]c2ccccc12)NC1CCC(CC2CCCCCCCCCC2)C1)C(=O)C1CCC(C2=C\C=C/C=C\C=C/C=C\C=C2)CC1. The molecular formula is C52H73N5O3. The molecule has 3 saturated carbocycles. The van der Waals surface area contributed by atoms with Crippen LogP contribution in [0.2, 0.25) is 0 Å². The van der Waals surface area contributed by atoms with Crippen molar-refractivity contribution < 1.29 is 14.4 Å². The van der Waals surface area contributed by atoms with Gasteiger partial charge < -0.3 is 26.7 Å². The van der Waals surface area contributed by atoms with Crippen LogP contribution in [0.1, 0.15) is 134 Å². The number of hydrogen-bond acceptors (Lipinski definition) is 4. The van der Waals surface area contributed by atoms with Crippen LogP contribution in [0, 0.1) is 23.7 Å². The summed E-state index contributed by atoms with van der Waals surface area (Å²) in [6.45, 7) is 0.358. The number of fused-ring (bicyclic) bond motifs is 1. The Morgan fingerprint density at radius 2 is 1.38 bits per heavy atom. The lowest BCUT2D eigenvalue weighted by atomic mass is 9.75. The summed E-state index contributed by atoms with van der Waals surface area (Å²) in [5.41, 5.74) is 8.82. The Morgan fingerprint density at radius 1 is 0.717 bits per heavy atom. The van der Waals surface area contributed by atoms with Crippen LogP contribution in [-0.2, 0) is 16.0 Å². The van der Waals surface area contributed by atoms with Crippen LogP contribution in [0.15, 0.2) is 103 Å². The van der Waals surface area contributed by atoms with E-state index in [-0.39, 0.29) is 23.7 Å². The highest BCUT2D eigenvalue weighted by Gasteiger charge is 2.35. The van der Waals surface area contributed by atoms with E-state index < -0.39 is 18.1 Å². The Labute approximate surface area is 360 Å². The molecule has 4 aliphatic carbocycles. The van der Waals surface area contributed by atoms with Gasteiger partial charge in [-0.25, -0.2) is 4.79 Å². The topological polar surface area (TPSA) is 129 Å². The number of rotatable bonds is 15. The number of nitrogens with one attached hydrogen (secondary N) is 4. The lowest BCUT2D eigenvalue weighted by molar-refractivity contribution is -0.132. The minimum Gasteiger partial charge on any atom is -0.361 e. The Bertz CT molecular complexity index is 1830. The van der Waals surface area contributed by atoms with Crippen molar-refractivity contribution in [3.8, 4) is 0 Å². The number of carbonyl (C=O) groups is 3. The van der Waals surface area contributed by atoms with E-state index >= 15 is 0 Å². The minimum atomic E-state index is -0.637. The molecule has 8 nitrogen and oxygen atoms in total. The molecule has 4 aliphatic rings. The highest BCUT2D eigenvalue weighted by Crippen LogP contribution is 2.37. The van der Waals surface area contributed by atoms with Crippen molar-refractivity contribution in [2.75, 3.05) is 6.54 Å². The standard InChI is InChI=1S/C52H73N5O3/c53-52(60)54-34-20-27-48(50(58)43-31-29-42(30-32-43)41-23-16-12-8-2-1-3-9-13-17-24-41)57-51(59)49(37-44-38-55-47-26-19-18-25-46(44)47)56-45-33-28-40(36-45)35-39-21-14-10-6-4-5-7-11-15-22-39/h1-3,8-9,12-13,16-19,23-26,38-40,42-43,45,48-49,55-56H,4-7,10-11,14-15,20-22,27-37H2,(H,57,59)(H3,53,54,60)/b2-1-,3-1?,8-2?,9-3-,12-8-,13-9?,16-12?,17-13-,23-16?,24-17?,41-23?,41-24?/t40?,42?,43?,45?,48-,49-/m0/s1. The molecule has 2 aromatic rings. The predicted molar refractivity (Wildman–Crippen MR) is 247 cm³/mol. The number of primary amides is 1. The molecule has 0 radical (unpaired) electrons. The number of aromatic amines is 1. The smallest absolute Gasteiger partial charge is 0.312 e. The first-order chi connectivity index (χ1) is 29.4. The molecule has 0 bridgehead atoms. The molecule has 0 spiro atoms. The Balaban J connectivity index is 1.13. The van der Waals surface area contributed by atoms with Crippen LogP contribution in [0.3, 0.4) is 0 Å². The molecule has 4 atom stereocenters. The number of H-pyrrole nitrogens is 1. The van der Waals surface area contributed by atoms with E-state index in [0.717, 1.165) is 60.9 Å². The van der Waals surface area contributed by atoms with Crippen molar-refractivity contribution in [2.24, 2.45) is 29.4 Å². The lowest BCUT2D eigenvalue weighted by Crippen LogP contribution is -2.54. The molecule has 1 aromatic heterocycles. The largest absolute Gasteiger partial charge is 0.361 e. The highest BCUT2D eigenvalue weighted by atomic mass is 16.2. The number of ketones is 1. The number of allylic oxidation sites excluding steroid dienone is 12. The van der Waals surface area contributed by atoms with E-state index in [4.69, 9.17) is 5.73 Å². The molecule has 0 aliphatic heterocycles. The maximum absolute atomic E-state index is 14.6. The summed E-state index contributed by atoms with van der Waals surface area (Å²) in [7, 11) is 0. The van der Waals surface area contributed by atoms with E-state index in [1.807, 2.05) is 60.9 Å². The summed E-state index contributed by atoms with van der Waals surface area (Å²) in [4.78, 5) is 44.1. The van der Waals surface area contributed by atoms with Crippen molar-refractivity contribution in [1.82, 2.24) is 20.9 Å². The van der Waals surface area contributed by atoms with Gasteiger partial charge in [0.1, 0.15) is 0 Å². The number of benzene rings is 1. The quantitative estimate of drug-likeness (QED) is 0.115. The average molecular weight is 816 g/mol. The molecule has 1 aromatic carbocycles. The van der Waals surface area contributed by atoms with Gasteiger partial charge >= 0.3 is 6.03 Å². The fraction of sp³-hybridized carbons (Fsp3) is 0.558. The van der Waals surface area contributed by atoms with Crippen LogP contribution in [0.25, 0.3) is 10.9 Å². The number of nitrogens with two attached hydrogens (primary N) is 1. The molecule has 324 valence electrons. The number of aromatic nitrogens is 1. The van der Waals surface area contributed by atoms with Crippen LogP contribution < -0.4 is 21.7 Å². The van der Waals surface area contributed by atoms with E-state index in [9.17, 15) is 14.4 Å². The van der Waals surface area contributed by atoms with Crippen LogP contribution in [0.4, 0.5) is 4.79 Å². The Hall–Kier alpha value is -4.43. The first-order valence-corrected chi connectivity index (χ1v) is 23.7. The fourth-order valence-corrected chi connectivity index (χ4v) is 10.4. The normalized spacial score (nSPS) is 26.6. The maximum atomic E-state index is 14.6. The first kappa shape index (κ1) is 45.1. The average Bonchev–Trinajstić information content (AvgIpc) is 3.86. The summed E-state index contributed by atoms with van der Waals surface area (Å²) in [6, 6.07) is 6.84. The van der Waals surface area contributed by atoms with Crippen molar-refractivity contribution in [3.63, 3.8) is 0 Å². The third-order valence-corrected chi connectivity index (χ3v) is 13.7. The molecule has 3 amide bonds. The molecule has 1 heterocycles. The maximum Gasteiger partial charge on any atom is 0.312 e. The third-order valence-electron chi connectivity index (χ3n) is 13.7. The monoisotopic (exact) mass is 816 g/mol. The summed E-state index contributed by atoms with van der Waals surface area (Å²) in [6.07, 6.45) is 48.2. The summed E-state index contributed by atoms with van der Waals surface area (Å²) in [5.74, 6) is 1.74. The van der Waals surface area contributed by atoms with Crippen molar-refractivity contribution in [1.29, 1.82) is 0 Å². The summed E-state index contributed by atoms with van der Waals surface area (Å²) >= 11 is 0.